The number of allylic oxidation sites excluding steroid dienone is 2. The fraction of sp³-hybridized carbons (Fsp3) is 0.514. The number of carbonyl (C=O) groups is 4. The Bertz CT molecular complexity index is 1400. The first-order valence-corrected chi connectivity index (χ1v) is 18.7. The van der Waals surface area contributed by atoms with Crippen molar-refractivity contribution >= 4 is 31.2 Å². The molecule has 0 saturated heterocycles. The number of aldehydes is 1. The van der Waals surface area contributed by atoms with Gasteiger partial charge in [-0.2, -0.15) is 8.78 Å². The maximum absolute atomic E-state index is 13.1. The Morgan fingerprint density at radius 3 is 2.27 bits per heavy atom. The Morgan fingerprint density at radius 2 is 1.65 bits per heavy atom. The second-order valence-electron chi connectivity index (χ2n) is 12.0. The largest absolute Gasteiger partial charge is 0.497 e. The molecule has 0 bridgehead atoms. The average molecular weight is 707 g/mol. The lowest BCUT2D eigenvalue weighted by Gasteiger charge is -2.18. The van der Waals surface area contributed by atoms with E-state index in [1.54, 1.807) is 14.0 Å². The van der Waals surface area contributed by atoms with Crippen molar-refractivity contribution in [1.82, 2.24) is 0 Å². The van der Waals surface area contributed by atoms with E-state index in [0.717, 1.165) is 30.3 Å². The molecule has 0 aromatic heterocycles. The highest BCUT2D eigenvalue weighted by molar-refractivity contribution is 7.59. The van der Waals surface area contributed by atoms with E-state index in [1.165, 1.54) is 6.66 Å². The van der Waals surface area contributed by atoms with Gasteiger partial charge < -0.3 is 23.5 Å². The number of halogens is 2. The number of ketones is 2. The van der Waals surface area contributed by atoms with Crippen molar-refractivity contribution < 1.29 is 51.3 Å². The predicted octanol–water partition coefficient (Wildman–Crippen LogP) is 7.78. The third-order valence-electron chi connectivity index (χ3n) is 8.11. The molecule has 49 heavy (non-hydrogen) atoms. The molecule has 2 aromatic carbocycles. The Kier molecular flexibility index (Phi) is 18.3. The number of rotatable bonds is 20. The summed E-state index contributed by atoms with van der Waals surface area (Å²) >= 11 is 0. The molecule has 1 aliphatic carbocycles. The summed E-state index contributed by atoms with van der Waals surface area (Å²) in [6, 6.07) is 17.1. The number of hydrogen-bond acceptors (Lipinski definition) is 9. The van der Waals surface area contributed by atoms with Crippen molar-refractivity contribution in [2.24, 2.45) is 11.8 Å². The Balaban J connectivity index is 0.000000469. The fourth-order valence-electron chi connectivity index (χ4n) is 5.04. The molecule has 1 saturated carbocycles. The number of benzene rings is 2. The summed E-state index contributed by atoms with van der Waals surface area (Å²) in [5, 5.41) is 0. The van der Waals surface area contributed by atoms with Crippen LogP contribution >= 0.6 is 7.37 Å². The first-order valence-electron chi connectivity index (χ1n) is 16.5. The van der Waals surface area contributed by atoms with Gasteiger partial charge in [0.2, 0.25) is 13.2 Å². The number of Topliss-reactive ketones (excluding diaryl/α,β-unsaturated/α-hetero) is 2. The molecule has 12 heteroatoms. The van der Waals surface area contributed by atoms with Crippen molar-refractivity contribution in [3.8, 4) is 5.75 Å². The molecule has 1 fully saturated rings. The Hall–Kier alpha value is -3.53. The van der Waals surface area contributed by atoms with E-state index >= 15 is 0 Å². The smallest absolute Gasteiger partial charge is 0.306 e. The van der Waals surface area contributed by atoms with Gasteiger partial charge in [-0.25, -0.2) is 0 Å². The second-order valence-corrected chi connectivity index (χ2v) is 14.7. The van der Waals surface area contributed by atoms with Crippen LogP contribution in [0.4, 0.5) is 8.78 Å². The molecular weight excluding hydrogens is 657 g/mol. The molecule has 0 N–H and O–H groups in total. The minimum atomic E-state index is -3.37. The lowest BCUT2D eigenvalue weighted by atomic mass is 9.92. The van der Waals surface area contributed by atoms with Gasteiger partial charge in [0.15, 0.2) is 0 Å². The third kappa shape index (κ3) is 15.3. The molecule has 0 radical (unpaired) electrons. The molecule has 1 unspecified atom stereocenters. The number of carbonyl (C=O) groups excluding carboxylic acids is 4. The highest BCUT2D eigenvalue weighted by Gasteiger charge is 2.42. The van der Waals surface area contributed by atoms with E-state index in [9.17, 15) is 32.5 Å². The quantitative estimate of drug-likeness (QED) is 0.0447. The van der Waals surface area contributed by atoms with E-state index in [1.807, 2.05) is 66.7 Å². The normalized spacial score (nSPS) is 18.7. The monoisotopic (exact) mass is 706 g/mol. The van der Waals surface area contributed by atoms with Crippen LogP contribution in [0.1, 0.15) is 69.4 Å². The summed E-state index contributed by atoms with van der Waals surface area (Å²) in [6.45, 7) is 3.57. The van der Waals surface area contributed by atoms with Crippen LogP contribution < -0.4 is 4.74 Å². The lowest BCUT2D eigenvalue weighted by molar-refractivity contribution is -0.145. The lowest BCUT2D eigenvalue weighted by Crippen LogP contribution is -2.31. The minimum Gasteiger partial charge on any atom is -0.497 e. The molecule has 4 atom stereocenters. The van der Waals surface area contributed by atoms with Gasteiger partial charge in [0.1, 0.15) is 24.4 Å². The summed E-state index contributed by atoms with van der Waals surface area (Å²) in [5.41, 5.74) is 1.93. The number of ether oxygens (including phenoxy) is 3. The third-order valence-corrected chi connectivity index (χ3v) is 9.74. The van der Waals surface area contributed by atoms with E-state index in [4.69, 9.17) is 14.2 Å². The summed E-state index contributed by atoms with van der Waals surface area (Å²) < 4.78 is 58.5. The molecular formula is C37H49F2O9P. The van der Waals surface area contributed by atoms with Gasteiger partial charge >= 0.3 is 11.9 Å². The molecule has 1 aliphatic rings. The summed E-state index contributed by atoms with van der Waals surface area (Å²) in [7, 11) is -0.425. The zero-order chi connectivity index (χ0) is 36.3. The van der Waals surface area contributed by atoms with Gasteiger partial charge in [0.05, 0.1) is 31.9 Å². The van der Waals surface area contributed by atoms with Crippen LogP contribution in [-0.2, 0) is 51.0 Å². The predicted molar refractivity (Wildman–Crippen MR) is 183 cm³/mol. The molecule has 0 heterocycles. The van der Waals surface area contributed by atoms with Gasteiger partial charge in [0.25, 0.3) is 0 Å². The van der Waals surface area contributed by atoms with E-state index in [0.29, 0.717) is 38.7 Å². The fourth-order valence-corrected chi connectivity index (χ4v) is 5.92. The zero-order valence-corrected chi connectivity index (χ0v) is 29.7. The van der Waals surface area contributed by atoms with Crippen LogP contribution in [0.15, 0.2) is 66.7 Å². The van der Waals surface area contributed by atoms with Crippen LogP contribution in [0.25, 0.3) is 0 Å². The molecule has 270 valence electrons. The number of esters is 1. The van der Waals surface area contributed by atoms with Gasteiger partial charge in [-0.1, -0.05) is 68.0 Å². The number of hydrogen-bond donors (Lipinski definition) is 0. The average Bonchev–Trinajstić information content (AvgIpc) is 3.41. The van der Waals surface area contributed by atoms with Gasteiger partial charge in [-0.15, -0.1) is 0 Å². The van der Waals surface area contributed by atoms with Crippen LogP contribution in [-0.4, -0.2) is 62.9 Å². The summed E-state index contributed by atoms with van der Waals surface area (Å²) in [6.07, 6.45) is 6.54. The maximum Gasteiger partial charge on any atom is 0.306 e. The van der Waals surface area contributed by atoms with Crippen molar-refractivity contribution in [3.05, 3.63) is 77.9 Å². The standard InChI is InChI=1S/C28H32O6.C9H17F2O3P/c1-32-23-15-13-22(14-16-23)19-33-27-17-26(30)24(25(27)18-29)11-7-2-3-8-12-28(31)34-20-21-9-5-4-6-10-21;1-4-5-6-9(10,11)8(12)7-15(3,13)14-2/h2,4-7,9-10,13-16,18,24-25,27H,3,8,11-12,17,19-20H2,1H3;4-7H2,1-3H3/b7-2-;/t24-,25-,27-;/m1./s1. The van der Waals surface area contributed by atoms with Crippen molar-refractivity contribution in [3.63, 3.8) is 0 Å². The number of unbranched alkanes of at least 4 members (excludes halogenated alkanes) is 2. The number of methoxy groups -OCH3 is 1. The number of alkyl halides is 2. The van der Waals surface area contributed by atoms with Gasteiger partial charge in [-0.3, -0.25) is 18.9 Å². The zero-order valence-electron chi connectivity index (χ0n) is 28.8. The first-order chi connectivity index (χ1) is 23.4. The van der Waals surface area contributed by atoms with E-state index in [-0.39, 0.29) is 37.1 Å². The van der Waals surface area contributed by atoms with Crippen LogP contribution in [0, 0.1) is 11.8 Å². The molecule has 2 aromatic rings. The molecule has 0 aliphatic heterocycles. The topological polar surface area (TPSA) is 122 Å². The highest BCUT2D eigenvalue weighted by Crippen LogP contribution is 2.43. The van der Waals surface area contributed by atoms with Crippen molar-refractivity contribution in [2.45, 2.75) is 83.5 Å². The Labute approximate surface area is 288 Å². The molecule has 3 rings (SSSR count). The molecule has 9 nitrogen and oxygen atoms in total. The molecule has 0 spiro atoms. The highest BCUT2D eigenvalue weighted by atomic mass is 31.2. The van der Waals surface area contributed by atoms with Gasteiger partial charge in [-0.05, 0) is 48.9 Å². The first kappa shape index (κ1) is 41.6. The molecule has 0 amide bonds. The second kappa shape index (κ2) is 21.5. The summed E-state index contributed by atoms with van der Waals surface area (Å²) in [4.78, 5) is 47.2. The van der Waals surface area contributed by atoms with E-state index in [2.05, 4.69) is 4.52 Å². The van der Waals surface area contributed by atoms with Gasteiger partial charge in [0, 0.05) is 39.0 Å². The summed E-state index contributed by atoms with van der Waals surface area (Å²) in [5.74, 6) is -4.86. The SMILES string of the molecule is CCCCC(F)(F)C(=O)CP(C)(=O)OC.COc1ccc(CO[C@@H]2CC(=O)[C@H](C/C=C\CCCC(=O)OCc3ccccc3)[C@H]2C=O)cc1. The maximum atomic E-state index is 13.1. The minimum absolute atomic E-state index is 0.0611. The van der Waals surface area contributed by atoms with Crippen LogP contribution in [0.3, 0.4) is 0 Å². The van der Waals surface area contributed by atoms with Crippen LogP contribution in [0.5, 0.6) is 5.75 Å². The van der Waals surface area contributed by atoms with E-state index < -0.39 is 43.7 Å². The Morgan fingerprint density at radius 1 is 0.980 bits per heavy atom. The van der Waals surface area contributed by atoms with Crippen molar-refractivity contribution in [2.75, 3.05) is 27.0 Å². The van der Waals surface area contributed by atoms with Crippen molar-refractivity contribution in [1.29, 1.82) is 0 Å². The van der Waals surface area contributed by atoms with Crippen LogP contribution in [0.2, 0.25) is 0 Å².